The maximum absolute atomic E-state index is 13.8. The minimum absolute atomic E-state index is 0.00627. The van der Waals surface area contributed by atoms with Gasteiger partial charge in [0.25, 0.3) is 24.2 Å². The number of imidazole rings is 3. The number of hydrogen-bond donors (Lipinski definition) is 10. The van der Waals surface area contributed by atoms with Gasteiger partial charge in [0, 0.05) is 17.5 Å². The van der Waals surface area contributed by atoms with E-state index in [-0.39, 0.29) is 60.8 Å². The van der Waals surface area contributed by atoms with Crippen molar-refractivity contribution in [2.45, 2.75) is 79.4 Å². The van der Waals surface area contributed by atoms with Crippen molar-refractivity contribution in [3.05, 3.63) is 204 Å². The fraction of sp³-hybridized carbons (Fsp3) is 0.238. The van der Waals surface area contributed by atoms with Gasteiger partial charge in [0.1, 0.15) is 17.8 Å². The molecule has 0 amide bonds. The number of benzene rings is 4. The summed E-state index contributed by atoms with van der Waals surface area (Å²) in [7, 11) is -11.9. The molecule has 36 heteroatoms. The monoisotopic (exact) mass is 1420 g/mol. The number of carbonyl (C=O) groups excluding carboxylic acids is 3. The molecule has 6 aromatic heterocycles. The molecule has 0 bridgehead atoms. The second kappa shape index (κ2) is 33.5. The third-order valence-corrected chi connectivity index (χ3v) is 18.2. The minimum Gasteiger partial charge on any atom is -0.465 e. The molecule has 0 fully saturated rings. The van der Waals surface area contributed by atoms with Gasteiger partial charge in [-0.2, -0.15) is 15.0 Å². The van der Waals surface area contributed by atoms with Crippen LogP contribution in [0, 0.1) is 0 Å². The number of para-hydroxylation sites is 1. The molecule has 0 aliphatic heterocycles. The molecule has 0 spiro atoms. The van der Waals surface area contributed by atoms with Crippen molar-refractivity contribution in [2.24, 2.45) is 0 Å². The summed E-state index contributed by atoms with van der Waals surface area (Å²) in [4.78, 5) is 122. The highest BCUT2D eigenvalue weighted by molar-refractivity contribution is 7.61. The smallest absolute Gasteiger partial charge is 0.349 e. The van der Waals surface area contributed by atoms with Crippen LogP contribution in [0.3, 0.4) is 0 Å². The second-order valence-corrected chi connectivity index (χ2v) is 26.8. The van der Waals surface area contributed by atoms with E-state index < -0.39 is 75.4 Å². The third-order valence-electron chi connectivity index (χ3n) is 14.0. The molecule has 10 rings (SSSR count). The Hall–Kier alpha value is -10.8. The molecular formula is C63H72N17O16P3. The molecule has 10 aromatic rings. The van der Waals surface area contributed by atoms with Crippen LogP contribution in [0.5, 0.6) is 5.75 Å². The van der Waals surface area contributed by atoms with Gasteiger partial charge in [0.15, 0.2) is 39.6 Å². The number of anilines is 3. The van der Waals surface area contributed by atoms with Gasteiger partial charge in [-0.3, -0.25) is 57.1 Å². The van der Waals surface area contributed by atoms with Crippen molar-refractivity contribution in [3.63, 3.8) is 0 Å². The van der Waals surface area contributed by atoms with Crippen molar-refractivity contribution >= 4 is 110 Å². The number of rotatable bonds is 26. The molecule has 0 saturated carbocycles. The zero-order chi connectivity index (χ0) is 71.6. The Morgan fingerprint density at radius 2 is 0.838 bits per heavy atom. The maximum Gasteiger partial charge on any atom is 0.349 e. The SMILES string of the molecule is CCOC(=O)[C@@H](C)NP(=O)(/C=C/c1ccccc1Cn1cnc2c(=O)[nH]c(N)nc21)Oc1ccccc1.CCOC(=O)[C@H](C)OP(=O)(/C=C/c1ccccc1Cn1cnc2c(=O)[nH]c(N)nc21)N[C@H](C)C(=O)OCC.Nc1nc2c(ncn2Cc2ccccc2/C=C/P(=O)(O)O)c(=O)[nH]1. The van der Waals surface area contributed by atoms with Crippen LogP contribution in [0.1, 0.15) is 74.9 Å². The van der Waals surface area contributed by atoms with E-state index in [9.17, 15) is 42.5 Å². The summed E-state index contributed by atoms with van der Waals surface area (Å²) in [5, 5.41) is 5.46. The standard InChI is InChI=1S/C25H27N6O5P.C24H31N6O7P.C14H14N5O4P/c1-3-35-24(33)17(2)30-37(34,36-20-11-5-4-6-12-20)14-13-18-9-7-8-10-19(18)15-31-16-27-21-22(31)28-25(26)29-23(21)32;1-5-35-22(32)15(3)29-38(34,37-16(4)23(33)36-6-2)12-11-17-9-7-8-10-18(17)13-30-14-26-19-20(30)27-24(25)28-21(19)31;15-14-17-12-11(13(20)18-14)16-8-19(12)7-10-4-2-1-3-9(10)5-6-24(21,22)23/h4-14,16-17H,3,15H2,1-2H3,(H,30,34)(H3,26,28,29,32);7-12,14-16H,5-6,13H2,1-4H3,(H,29,34)(H3,25,27,28,31);1-6,8H,7H2,(H2,21,22,23)(H3,15,17,18,20)/b14-13+;12-11+;6-5+/t17-,37?;15-,16+,38?;/m11./s1. The summed E-state index contributed by atoms with van der Waals surface area (Å²) < 4.78 is 70.1. The van der Waals surface area contributed by atoms with Crippen molar-refractivity contribution in [3.8, 4) is 5.75 Å². The number of nitrogen functional groups attached to an aromatic ring is 3. The molecule has 6 heterocycles. The zero-order valence-electron chi connectivity index (χ0n) is 54.2. The Morgan fingerprint density at radius 1 is 0.505 bits per heavy atom. The van der Waals surface area contributed by atoms with Crippen molar-refractivity contribution in [1.29, 1.82) is 0 Å². The van der Waals surface area contributed by atoms with Crippen LogP contribution < -0.4 is 48.6 Å². The van der Waals surface area contributed by atoms with Gasteiger partial charge in [-0.25, -0.2) is 29.9 Å². The highest BCUT2D eigenvalue weighted by Gasteiger charge is 2.32. The Balaban J connectivity index is 0.000000194. The van der Waals surface area contributed by atoms with Crippen molar-refractivity contribution in [1.82, 2.24) is 68.7 Å². The van der Waals surface area contributed by atoms with Crippen LogP contribution in [-0.4, -0.2) is 124 Å². The summed E-state index contributed by atoms with van der Waals surface area (Å²) >= 11 is 0. The lowest BCUT2D eigenvalue weighted by atomic mass is 10.1. The molecule has 4 aromatic carbocycles. The number of nitrogens with two attached hydrogens (primary N) is 3. The Morgan fingerprint density at radius 3 is 1.21 bits per heavy atom. The first-order valence-electron chi connectivity index (χ1n) is 30.3. The quantitative estimate of drug-likeness (QED) is 0.0150. The number of carbonyl (C=O) groups is 3. The van der Waals surface area contributed by atoms with Gasteiger partial charge in [0.05, 0.1) is 58.4 Å². The molecular weight excluding hydrogens is 1340 g/mol. The lowest BCUT2D eigenvalue weighted by Gasteiger charge is -2.23. The van der Waals surface area contributed by atoms with Gasteiger partial charge in [-0.05, 0) is 105 Å². The van der Waals surface area contributed by atoms with E-state index in [1.165, 1.54) is 50.5 Å². The number of aromatic amines is 3. The largest absolute Gasteiger partial charge is 0.465 e. The number of fused-ring (bicyclic) bond motifs is 3. The first-order valence-corrected chi connectivity index (χ1v) is 35.4. The van der Waals surface area contributed by atoms with Crippen LogP contribution in [0.15, 0.2) is 154 Å². The van der Waals surface area contributed by atoms with Gasteiger partial charge in [-0.15, -0.1) is 0 Å². The average Bonchev–Trinajstić information content (AvgIpc) is 1.65. The van der Waals surface area contributed by atoms with E-state index in [4.69, 9.17) is 50.2 Å². The Kier molecular flexibility index (Phi) is 25.0. The van der Waals surface area contributed by atoms with Crippen LogP contribution in [0.2, 0.25) is 0 Å². The summed E-state index contributed by atoms with van der Waals surface area (Å²) in [6.07, 6.45) is 7.88. The van der Waals surface area contributed by atoms with E-state index in [2.05, 4.69) is 55.0 Å². The number of aromatic nitrogens is 12. The summed E-state index contributed by atoms with van der Waals surface area (Å²) in [6.45, 7) is 10.8. The number of ether oxygens (including phenoxy) is 3. The highest BCUT2D eigenvalue weighted by atomic mass is 31.2. The fourth-order valence-electron chi connectivity index (χ4n) is 9.43. The van der Waals surface area contributed by atoms with E-state index in [0.29, 0.717) is 46.9 Å². The number of H-pyrrole nitrogens is 3. The fourth-order valence-corrected chi connectivity index (χ4v) is 13.2. The summed E-state index contributed by atoms with van der Waals surface area (Å²) in [5.41, 5.74) is 21.6. The van der Waals surface area contributed by atoms with Gasteiger partial charge in [0.2, 0.25) is 17.8 Å². The first kappa shape index (κ1) is 74.0. The lowest BCUT2D eigenvalue weighted by Crippen LogP contribution is -2.35. The number of nitrogens with zero attached hydrogens (tertiary/aromatic N) is 9. The van der Waals surface area contributed by atoms with Gasteiger partial charge >= 0.3 is 33.0 Å². The third kappa shape index (κ3) is 20.4. The normalized spacial score (nSPS) is 13.8. The second-order valence-electron chi connectivity index (χ2n) is 21.4. The van der Waals surface area contributed by atoms with E-state index in [0.717, 1.165) is 28.1 Å². The lowest BCUT2D eigenvalue weighted by molar-refractivity contribution is -0.150. The van der Waals surface area contributed by atoms with Gasteiger partial charge < -0.3 is 59.4 Å². The van der Waals surface area contributed by atoms with E-state index >= 15 is 0 Å². The van der Waals surface area contributed by atoms with E-state index in [1.54, 1.807) is 108 Å². The van der Waals surface area contributed by atoms with Crippen LogP contribution in [0.4, 0.5) is 17.8 Å². The average molecular weight is 1420 g/mol. The predicted molar refractivity (Wildman–Crippen MR) is 371 cm³/mol. The predicted octanol–water partition coefficient (Wildman–Crippen LogP) is 6.86. The molecule has 0 radical (unpaired) electrons. The summed E-state index contributed by atoms with van der Waals surface area (Å²) in [6, 6.07) is 28.6. The topological polar surface area (TPSA) is 482 Å². The molecule has 2 unspecified atom stereocenters. The van der Waals surface area contributed by atoms with E-state index in [1.807, 2.05) is 48.5 Å². The maximum atomic E-state index is 13.8. The molecule has 5 atom stereocenters. The Bertz CT molecular complexity index is 4930. The first-order chi connectivity index (χ1) is 47.2. The zero-order valence-corrected chi connectivity index (χ0v) is 56.9. The highest BCUT2D eigenvalue weighted by Crippen LogP contribution is 2.48. The molecule has 0 aliphatic carbocycles. The van der Waals surface area contributed by atoms with Crippen LogP contribution >= 0.6 is 22.6 Å². The molecule has 0 saturated heterocycles. The summed E-state index contributed by atoms with van der Waals surface area (Å²) in [5.74, 6) is 2.02. The number of nitrogens with one attached hydrogen (secondary N) is 5. The minimum atomic E-state index is -4.25. The molecule has 13 N–H and O–H groups in total. The van der Waals surface area contributed by atoms with Gasteiger partial charge in [-0.1, -0.05) is 91.0 Å². The number of esters is 3. The molecule has 99 heavy (non-hydrogen) atoms. The number of hydrogen-bond acceptors (Lipinski definition) is 23. The molecule has 520 valence electrons. The Labute approximate surface area is 563 Å². The van der Waals surface area contributed by atoms with Crippen LogP contribution in [-0.2, 0) is 66.4 Å². The van der Waals surface area contributed by atoms with Crippen molar-refractivity contribution in [2.75, 3.05) is 37.0 Å². The molecule has 33 nitrogen and oxygen atoms in total. The molecule has 0 aliphatic rings. The van der Waals surface area contributed by atoms with Crippen molar-refractivity contribution < 1.29 is 61.1 Å². The van der Waals surface area contributed by atoms with Crippen LogP contribution in [0.25, 0.3) is 51.7 Å².